The molecule has 5 nitrogen and oxygen atoms in total. The van der Waals surface area contributed by atoms with Gasteiger partial charge in [-0.25, -0.2) is 0 Å². The van der Waals surface area contributed by atoms with E-state index >= 15 is 0 Å². The molecular weight excluding hydrogens is 452 g/mol. The average Bonchev–Trinajstić information content (AvgIpc) is 3.03. The quantitative estimate of drug-likeness (QED) is 0.399. The molecule has 0 aliphatic rings. The van der Waals surface area contributed by atoms with Gasteiger partial charge in [0.1, 0.15) is 6.54 Å². The van der Waals surface area contributed by atoms with Crippen LogP contribution in [-0.2, 0) is 16.1 Å². The molecule has 0 saturated heterocycles. The summed E-state index contributed by atoms with van der Waals surface area (Å²) in [4.78, 5) is 29.8. The first-order chi connectivity index (χ1) is 14.0. The van der Waals surface area contributed by atoms with Crippen LogP contribution in [0.5, 0.6) is 0 Å². The van der Waals surface area contributed by atoms with Gasteiger partial charge in [0.2, 0.25) is 0 Å². The fourth-order valence-corrected chi connectivity index (χ4v) is 4.67. The van der Waals surface area contributed by atoms with Crippen molar-refractivity contribution in [2.24, 2.45) is 4.99 Å². The van der Waals surface area contributed by atoms with Crippen LogP contribution in [0.15, 0.2) is 70.1 Å². The lowest BCUT2D eigenvalue weighted by atomic mass is 10.1. The molecule has 0 spiro atoms. The zero-order valence-corrected chi connectivity index (χ0v) is 18.0. The van der Waals surface area contributed by atoms with Gasteiger partial charge in [-0.15, -0.1) is 0 Å². The molecule has 1 amide bonds. The van der Waals surface area contributed by atoms with E-state index in [0.717, 1.165) is 25.5 Å². The summed E-state index contributed by atoms with van der Waals surface area (Å²) in [5.74, 6) is -0.714. The number of hydrogen-bond acceptors (Lipinski definition) is 4. The fraction of sp³-hybridized carbons (Fsp3) is 0.136. The number of benzene rings is 3. The predicted octanol–water partition coefficient (Wildman–Crippen LogP) is 4.92. The van der Waals surface area contributed by atoms with Gasteiger partial charge in [-0.2, -0.15) is 4.99 Å². The first kappa shape index (κ1) is 19.5. The number of carbonyl (C=O) groups excluding carboxylic acids is 2. The maximum absolute atomic E-state index is 12.9. The summed E-state index contributed by atoms with van der Waals surface area (Å²) >= 11 is 4.82. The van der Waals surface area contributed by atoms with E-state index in [2.05, 4.69) is 20.9 Å². The zero-order chi connectivity index (χ0) is 20.4. The Bertz CT molecular complexity index is 1310. The molecule has 0 unspecified atom stereocenters. The lowest BCUT2D eigenvalue weighted by Crippen LogP contribution is -2.23. The third kappa shape index (κ3) is 4.16. The number of hydrogen-bond donors (Lipinski definition) is 0. The number of halogens is 1. The van der Waals surface area contributed by atoms with Crippen LogP contribution in [0.2, 0.25) is 0 Å². The molecular formula is C22H17BrN2O3S. The number of rotatable bonds is 4. The number of amides is 1. The van der Waals surface area contributed by atoms with Gasteiger partial charge in [-0.3, -0.25) is 9.59 Å². The molecule has 0 fully saturated rings. The van der Waals surface area contributed by atoms with E-state index in [0.29, 0.717) is 17.0 Å². The molecule has 29 heavy (non-hydrogen) atoms. The Balaban J connectivity index is 1.80. The molecule has 3 aromatic carbocycles. The van der Waals surface area contributed by atoms with Crippen molar-refractivity contribution in [2.75, 3.05) is 6.61 Å². The SMILES string of the molecule is CCOC(=O)Cn1c(=NC(=O)c2ccc3ccccc3c2)sc2cc(Br)ccc21. The Labute approximate surface area is 179 Å². The smallest absolute Gasteiger partial charge is 0.326 e. The number of fused-ring (bicyclic) bond motifs is 2. The molecule has 0 atom stereocenters. The van der Waals surface area contributed by atoms with Gasteiger partial charge < -0.3 is 9.30 Å². The molecule has 1 aromatic heterocycles. The standard InChI is InChI=1S/C22H17BrN2O3S/c1-2-28-20(26)13-25-18-10-9-17(23)12-19(18)29-22(25)24-21(27)16-8-7-14-5-3-4-6-15(14)11-16/h3-12H,2,13H2,1H3. The minimum absolute atomic E-state index is 0.000688. The van der Waals surface area contributed by atoms with E-state index in [4.69, 9.17) is 4.74 Å². The molecule has 0 N–H and O–H groups in total. The predicted molar refractivity (Wildman–Crippen MR) is 118 cm³/mol. The summed E-state index contributed by atoms with van der Waals surface area (Å²) in [7, 11) is 0. The van der Waals surface area contributed by atoms with Gasteiger partial charge in [0.15, 0.2) is 4.80 Å². The summed E-state index contributed by atoms with van der Waals surface area (Å²) in [6.07, 6.45) is 0. The van der Waals surface area contributed by atoms with Crippen molar-refractivity contribution in [3.05, 3.63) is 75.5 Å². The maximum atomic E-state index is 12.9. The van der Waals surface area contributed by atoms with Crippen LogP contribution >= 0.6 is 27.3 Å². The Morgan fingerprint density at radius 2 is 1.86 bits per heavy atom. The third-order valence-electron chi connectivity index (χ3n) is 4.43. The van der Waals surface area contributed by atoms with Gasteiger partial charge in [-0.05, 0) is 48.0 Å². The minimum atomic E-state index is -0.366. The van der Waals surface area contributed by atoms with Crippen molar-refractivity contribution in [1.29, 1.82) is 0 Å². The number of nitrogens with zero attached hydrogens (tertiary/aromatic N) is 2. The molecule has 0 saturated carbocycles. The van der Waals surface area contributed by atoms with E-state index in [1.165, 1.54) is 11.3 Å². The summed E-state index contributed by atoms with van der Waals surface area (Å²) in [6.45, 7) is 2.06. The number of carbonyl (C=O) groups is 2. The molecule has 4 rings (SSSR count). The van der Waals surface area contributed by atoms with Gasteiger partial charge in [-0.1, -0.05) is 57.6 Å². The molecule has 0 aliphatic carbocycles. The molecule has 1 heterocycles. The third-order valence-corrected chi connectivity index (χ3v) is 5.97. The van der Waals surface area contributed by atoms with E-state index in [1.807, 2.05) is 54.6 Å². The second kappa shape index (κ2) is 8.31. The highest BCUT2D eigenvalue weighted by Crippen LogP contribution is 2.23. The molecule has 7 heteroatoms. The zero-order valence-electron chi connectivity index (χ0n) is 15.6. The van der Waals surface area contributed by atoms with Gasteiger partial charge >= 0.3 is 5.97 Å². The summed E-state index contributed by atoms with van der Waals surface area (Å²) < 4.78 is 8.66. The van der Waals surface area contributed by atoms with Crippen molar-refractivity contribution >= 4 is 60.1 Å². The fourth-order valence-electron chi connectivity index (χ4n) is 3.09. The van der Waals surface area contributed by atoms with Crippen LogP contribution in [-0.4, -0.2) is 23.1 Å². The highest BCUT2D eigenvalue weighted by molar-refractivity contribution is 9.10. The Hall–Kier alpha value is -2.77. The van der Waals surface area contributed by atoms with Gasteiger partial charge in [0.05, 0.1) is 16.8 Å². The summed E-state index contributed by atoms with van der Waals surface area (Å²) in [6, 6.07) is 19.1. The first-order valence-corrected chi connectivity index (χ1v) is 10.7. The van der Waals surface area contributed by atoms with Crippen molar-refractivity contribution in [1.82, 2.24) is 4.57 Å². The topological polar surface area (TPSA) is 60.7 Å². The van der Waals surface area contributed by atoms with Gasteiger partial charge in [0, 0.05) is 10.0 Å². The lowest BCUT2D eigenvalue weighted by molar-refractivity contribution is -0.143. The van der Waals surface area contributed by atoms with Gasteiger partial charge in [0.25, 0.3) is 5.91 Å². The minimum Gasteiger partial charge on any atom is -0.465 e. The second-order valence-corrected chi connectivity index (χ2v) is 8.29. The summed E-state index contributed by atoms with van der Waals surface area (Å²) in [5, 5.41) is 2.04. The van der Waals surface area contributed by atoms with Crippen LogP contribution < -0.4 is 4.80 Å². The van der Waals surface area contributed by atoms with Crippen LogP contribution in [0.4, 0.5) is 0 Å². The summed E-state index contributed by atoms with van der Waals surface area (Å²) in [5.41, 5.74) is 1.33. The first-order valence-electron chi connectivity index (χ1n) is 9.07. The average molecular weight is 469 g/mol. The lowest BCUT2D eigenvalue weighted by Gasteiger charge is -2.05. The van der Waals surface area contributed by atoms with Crippen molar-refractivity contribution in [3.8, 4) is 0 Å². The second-order valence-electron chi connectivity index (χ2n) is 6.37. The van der Waals surface area contributed by atoms with Crippen LogP contribution in [0.25, 0.3) is 21.0 Å². The van der Waals surface area contributed by atoms with Crippen molar-refractivity contribution < 1.29 is 14.3 Å². The van der Waals surface area contributed by atoms with E-state index in [9.17, 15) is 9.59 Å². The highest BCUT2D eigenvalue weighted by atomic mass is 79.9. The normalized spacial score (nSPS) is 11.9. The Morgan fingerprint density at radius 3 is 2.66 bits per heavy atom. The van der Waals surface area contributed by atoms with Crippen molar-refractivity contribution in [3.63, 3.8) is 0 Å². The monoisotopic (exact) mass is 468 g/mol. The molecule has 0 bridgehead atoms. The van der Waals surface area contributed by atoms with Crippen LogP contribution in [0, 0.1) is 0 Å². The van der Waals surface area contributed by atoms with E-state index in [1.54, 1.807) is 17.6 Å². The molecule has 0 aliphatic heterocycles. The largest absolute Gasteiger partial charge is 0.465 e. The number of esters is 1. The number of ether oxygens (including phenoxy) is 1. The van der Waals surface area contributed by atoms with E-state index < -0.39 is 0 Å². The molecule has 0 radical (unpaired) electrons. The van der Waals surface area contributed by atoms with Crippen LogP contribution in [0.3, 0.4) is 0 Å². The number of aromatic nitrogens is 1. The molecule has 4 aromatic rings. The van der Waals surface area contributed by atoms with Crippen LogP contribution in [0.1, 0.15) is 17.3 Å². The Kier molecular flexibility index (Phi) is 5.60. The van der Waals surface area contributed by atoms with E-state index in [-0.39, 0.29) is 18.4 Å². The highest BCUT2D eigenvalue weighted by Gasteiger charge is 2.13. The maximum Gasteiger partial charge on any atom is 0.326 e. The number of thiazole rings is 1. The molecule has 146 valence electrons. The Morgan fingerprint density at radius 1 is 1.07 bits per heavy atom. The van der Waals surface area contributed by atoms with Crippen molar-refractivity contribution in [2.45, 2.75) is 13.5 Å².